The number of aromatic nitrogens is 2. The van der Waals surface area contributed by atoms with Crippen molar-refractivity contribution in [3.8, 4) is 0 Å². The average molecular weight is 262 g/mol. The molecule has 3 rings (SSSR count). The van der Waals surface area contributed by atoms with Crippen LogP contribution in [0.2, 0.25) is 0 Å². The number of nitrogens with zero attached hydrogens (tertiary/aromatic N) is 3. The summed E-state index contributed by atoms with van der Waals surface area (Å²) >= 11 is 0. The molecule has 1 atom stereocenters. The molecule has 106 valence electrons. The molecule has 1 aliphatic carbocycles. The van der Waals surface area contributed by atoms with Gasteiger partial charge in [-0.05, 0) is 45.7 Å². The van der Waals surface area contributed by atoms with Crippen LogP contribution in [0.3, 0.4) is 0 Å². The van der Waals surface area contributed by atoms with Crippen LogP contribution in [0.15, 0.2) is 12.5 Å². The molecule has 2 aliphatic rings. The van der Waals surface area contributed by atoms with Crippen LogP contribution < -0.4 is 5.32 Å². The van der Waals surface area contributed by atoms with E-state index >= 15 is 0 Å². The Balaban J connectivity index is 1.43. The molecule has 0 spiro atoms. The summed E-state index contributed by atoms with van der Waals surface area (Å²) in [6.07, 6.45) is 10.8. The molecule has 19 heavy (non-hydrogen) atoms. The maximum atomic E-state index is 4.28. The van der Waals surface area contributed by atoms with Crippen LogP contribution in [0.5, 0.6) is 0 Å². The van der Waals surface area contributed by atoms with E-state index in [0.29, 0.717) is 6.04 Å². The fourth-order valence-electron chi connectivity index (χ4n) is 3.05. The molecular weight excluding hydrogens is 236 g/mol. The van der Waals surface area contributed by atoms with Gasteiger partial charge in [-0.1, -0.05) is 6.42 Å². The summed E-state index contributed by atoms with van der Waals surface area (Å²) in [6, 6.07) is 1.39. The highest BCUT2D eigenvalue weighted by molar-refractivity contribution is 5.03. The first-order chi connectivity index (χ1) is 9.34. The third kappa shape index (κ3) is 3.37. The number of hydrogen-bond acceptors (Lipinski definition) is 3. The molecule has 1 aromatic heterocycles. The summed E-state index contributed by atoms with van der Waals surface area (Å²) in [7, 11) is 0. The van der Waals surface area contributed by atoms with Crippen molar-refractivity contribution in [3.63, 3.8) is 0 Å². The van der Waals surface area contributed by atoms with Gasteiger partial charge in [0.15, 0.2) is 0 Å². The van der Waals surface area contributed by atoms with Gasteiger partial charge >= 0.3 is 0 Å². The molecule has 1 aromatic rings. The lowest BCUT2D eigenvalue weighted by Crippen LogP contribution is -2.43. The zero-order valence-electron chi connectivity index (χ0n) is 12.0. The van der Waals surface area contributed by atoms with E-state index in [1.165, 1.54) is 50.9 Å². The van der Waals surface area contributed by atoms with E-state index in [-0.39, 0.29) is 0 Å². The molecule has 0 bridgehead atoms. The predicted octanol–water partition coefficient (Wildman–Crippen LogP) is 2.18. The molecule has 4 nitrogen and oxygen atoms in total. The molecule has 1 unspecified atom stereocenters. The largest absolute Gasteiger partial charge is 0.330 e. The van der Waals surface area contributed by atoms with Crippen molar-refractivity contribution >= 4 is 0 Å². The Bertz CT molecular complexity index is 391. The van der Waals surface area contributed by atoms with Crippen LogP contribution in [0.25, 0.3) is 0 Å². The Kier molecular flexibility index (Phi) is 4.18. The zero-order valence-corrected chi connectivity index (χ0v) is 12.0. The van der Waals surface area contributed by atoms with Crippen molar-refractivity contribution in [2.45, 2.75) is 57.7 Å². The third-order valence-electron chi connectivity index (χ3n) is 4.45. The number of piperidine rings is 1. The summed E-state index contributed by atoms with van der Waals surface area (Å²) in [4.78, 5) is 6.90. The lowest BCUT2D eigenvalue weighted by molar-refractivity contribution is 0.170. The zero-order chi connectivity index (χ0) is 13.1. The van der Waals surface area contributed by atoms with Gasteiger partial charge in [-0.2, -0.15) is 0 Å². The Hall–Kier alpha value is -0.870. The van der Waals surface area contributed by atoms with Gasteiger partial charge in [-0.3, -0.25) is 4.90 Å². The summed E-state index contributed by atoms with van der Waals surface area (Å²) in [5.74, 6) is 0. The maximum absolute atomic E-state index is 4.28. The van der Waals surface area contributed by atoms with Gasteiger partial charge in [0, 0.05) is 31.4 Å². The van der Waals surface area contributed by atoms with Gasteiger partial charge in [-0.25, -0.2) is 4.98 Å². The second-order valence-electron chi connectivity index (χ2n) is 6.10. The maximum Gasteiger partial charge on any atom is 0.0951 e. The lowest BCUT2D eigenvalue weighted by atomic mass is 10.1. The number of hydrogen-bond donors (Lipinski definition) is 1. The summed E-state index contributed by atoms with van der Waals surface area (Å²) in [5.41, 5.74) is 1.34. The van der Waals surface area contributed by atoms with E-state index in [1.54, 1.807) is 0 Å². The van der Waals surface area contributed by atoms with E-state index in [1.807, 2.05) is 12.5 Å². The van der Waals surface area contributed by atoms with Gasteiger partial charge in [0.1, 0.15) is 0 Å². The van der Waals surface area contributed by atoms with Gasteiger partial charge in [0.2, 0.25) is 0 Å². The SMILES string of the molecule is CC(CNCc1cncn1C1CC1)N1CCCCC1. The minimum atomic E-state index is 0.651. The first-order valence-electron chi connectivity index (χ1n) is 7.80. The Morgan fingerprint density at radius 2 is 2.11 bits per heavy atom. The minimum Gasteiger partial charge on any atom is -0.330 e. The van der Waals surface area contributed by atoms with E-state index in [2.05, 4.69) is 26.7 Å². The first kappa shape index (κ1) is 13.1. The van der Waals surface area contributed by atoms with Crippen molar-refractivity contribution in [3.05, 3.63) is 18.2 Å². The highest BCUT2D eigenvalue weighted by Gasteiger charge is 2.25. The summed E-state index contributed by atoms with van der Waals surface area (Å²) in [5, 5.41) is 3.61. The van der Waals surface area contributed by atoms with E-state index in [0.717, 1.165) is 19.1 Å². The lowest BCUT2D eigenvalue weighted by Gasteiger charge is -2.32. The van der Waals surface area contributed by atoms with Gasteiger partial charge in [0.05, 0.1) is 12.0 Å². The van der Waals surface area contributed by atoms with Crippen molar-refractivity contribution in [2.24, 2.45) is 0 Å². The van der Waals surface area contributed by atoms with Crippen LogP contribution in [-0.2, 0) is 6.54 Å². The molecule has 1 N–H and O–H groups in total. The van der Waals surface area contributed by atoms with Gasteiger partial charge < -0.3 is 9.88 Å². The molecule has 0 amide bonds. The number of likely N-dealkylation sites (tertiary alicyclic amines) is 1. The van der Waals surface area contributed by atoms with Crippen molar-refractivity contribution in [2.75, 3.05) is 19.6 Å². The molecule has 2 heterocycles. The molecular formula is C15H26N4. The second-order valence-corrected chi connectivity index (χ2v) is 6.10. The summed E-state index contributed by atoms with van der Waals surface area (Å²) < 4.78 is 2.35. The smallest absolute Gasteiger partial charge is 0.0951 e. The topological polar surface area (TPSA) is 33.1 Å². The van der Waals surface area contributed by atoms with Crippen LogP contribution in [0.4, 0.5) is 0 Å². The minimum absolute atomic E-state index is 0.651. The monoisotopic (exact) mass is 262 g/mol. The van der Waals surface area contributed by atoms with Gasteiger partial charge in [0.25, 0.3) is 0 Å². The first-order valence-corrected chi connectivity index (χ1v) is 7.80. The Labute approximate surface area is 116 Å². The fraction of sp³-hybridized carbons (Fsp3) is 0.800. The Morgan fingerprint density at radius 3 is 2.84 bits per heavy atom. The van der Waals surface area contributed by atoms with Crippen LogP contribution in [0.1, 0.15) is 50.8 Å². The third-order valence-corrected chi connectivity index (χ3v) is 4.45. The van der Waals surface area contributed by atoms with Crippen molar-refractivity contribution < 1.29 is 0 Å². The standard InChI is InChI=1S/C15H26N4/c1-13(18-7-3-2-4-8-18)9-16-10-15-11-17-12-19(15)14-5-6-14/h11-14,16H,2-10H2,1H3. The molecule has 1 saturated carbocycles. The van der Waals surface area contributed by atoms with Crippen LogP contribution in [0, 0.1) is 0 Å². The molecule has 0 aromatic carbocycles. The van der Waals surface area contributed by atoms with E-state index in [9.17, 15) is 0 Å². The highest BCUT2D eigenvalue weighted by atomic mass is 15.2. The molecule has 1 saturated heterocycles. The average Bonchev–Trinajstić information content (AvgIpc) is 3.19. The van der Waals surface area contributed by atoms with Crippen molar-refractivity contribution in [1.29, 1.82) is 0 Å². The van der Waals surface area contributed by atoms with E-state index in [4.69, 9.17) is 0 Å². The number of rotatable bonds is 6. The second kappa shape index (κ2) is 6.06. The quantitative estimate of drug-likeness (QED) is 0.853. The highest BCUT2D eigenvalue weighted by Crippen LogP contribution is 2.35. The number of nitrogens with one attached hydrogen (secondary N) is 1. The summed E-state index contributed by atoms with van der Waals surface area (Å²) in [6.45, 7) is 6.94. The van der Waals surface area contributed by atoms with Crippen LogP contribution in [-0.4, -0.2) is 40.1 Å². The predicted molar refractivity (Wildman–Crippen MR) is 77.1 cm³/mol. The molecule has 0 radical (unpaired) electrons. The molecule has 2 fully saturated rings. The van der Waals surface area contributed by atoms with Crippen molar-refractivity contribution in [1.82, 2.24) is 19.8 Å². The molecule has 4 heteroatoms. The fourth-order valence-corrected chi connectivity index (χ4v) is 3.05. The number of imidazole rings is 1. The van der Waals surface area contributed by atoms with Crippen LogP contribution >= 0.6 is 0 Å². The molecule has 1 aliphatic heterocycles. The Morgan fingerprint density at radius 1 is 1.32 bits per heavy atom. The van der Waals surface area contributed by atoms with E-state index < -0.39 is 0 Å². The van der Waals surface area contributed by atoms with Gasteiger partial charge in [-0.15, -0.1) is 0 Å². The normalized spacial score (nSPS) is 22.6.